The van der Waals surface area contributed by atoms with Crippen molar-refractivity contribution in [3.8, 4) is 22.7 Å². The molecule has 46 heavy (non-hydrogen) atoms. The molecule has 1 fully saturated rings. The fraction of sp³-hybridized carbons (Fsp3) is 0.333. The minimum atomic E-state index is -0.846. The Kier molecular flexibility index (Phi) is 8.41. The molecule has 6 rings (SSSR count). The van der Waals surface area contributed by atoms with Gasteiger partial charge >= 0.3 is 5.56 Å². The van der Waals surface area contributed by atoms with Crippen molar-refractivity contribution in [2.75, 3.05) is 30.3 Å². The van der Waals surface area contributed by atoms with E-state index < -0.39 is 11.4 Å². The lowest BCUT2D eigenvalue weighted by atomic mass is 10.0. The first kappa shape index (κ1) is 32.1. The highest BCUT2D eigenvalue weighted by Crippen LogP contribution is 2.45. The van der Waals surface area contributed by atoms with Crippen LogP contribution in [0.4, 0.5) is 15.8 Å². The van der Waals surface area contributed by atoms with Crippen molar-refractivity contribution >= 4 is 63.1 Å². The van der Waals surface area contributed by atoms with Crippen molar-refractivity contribution in [3.05, 3.63) is 79.5 Å². The third-order valence-corrected chi connectivity index (χ3v) is 9.57. The van der Waals surface area contributed by atoms with Gasteiger partial charge in [0, 0.05) is 37.1 Å². The van der Waals surface area contributed by atoms with Crippen molar-refractivity contribution in [1.82, 2.24) is 19.4 Å². The molecule has 1 aromatic carbocycles. The highest BCUT2D eigenvalue weighted by Gasteiger charge is 2.39. The van der Waals surface area contributed by atoms with Gasteiger partial charge in [0.25, 0.3) is 0 Å². The van der Waals surface area contributed by atoms with E-state index in [1.807, 2.05) is 33.8 Å². The third-order valence-electron chi connectivity index (χ3n) is 8.69. The molecule has 0 bridgehead atoms. The topological polar surface area (TPSA) is 107 Å². The quantitative estimate of drug-likeness (QED) is 0.141. The van der Waals surface area contributed by atoms with Crippen molar-refractivity contribution < 1.29 is 13.9 Å². The minimum Gasteiger partial charge on any atom is -0.486 e. The average Bonchev–Trinajstić information content (AvgIpc) is 3.20. The van der Waals surface area contributed by atoms with Crippen LogP contribution in [-0.4, -0.2) is 57.1 Å². The van der Waals surface area contributed by atoms with E-state index in [1.165, 1.54) is 16.7 Å². The Bertz CT molecular complexity index is 1970. The first-order chi connectivity index (χ1) is 21.8. The summed E-state index contributed by atoms with van der Waals surface area (Å²) in [4.78, 5) is 40.8. The average molecular weight is 686 g/mol. The largest absolute Gasteiger partial charge is 0.486 e. The second-order valence-corrected chi connectivity index (χ2v) is 13.2. The molecule has 1 amide bonds. The first-order valence-electron chi connectivity index (χ1n) is 14.9. The highest BCUT2D eigenvalue weighted by molar-refractivity contribution is 6.38. The molecule has 5 heterocycles. The zero-order valence-electron chi connectivity index (χ0n) is 25.7. The van der Waals surface area contributed by atoms with Crippen molar-refractivity contribution in [3.63, 3.8) is 0 Å². The summed E-state index contributed by atoms with van der Waals surface area (Å²) in [6.07, 6.45) is 3.55. The summed E-state index contributed by atoms with van der Waals surface area (Å²) < 4.78 is 23.4. The molecule has 2 atom stereocenters. The summed E-state index contributed by atoms with van der Waals surface area (Å²) in [5.74, 6) is -0.948. The SMILES string of the molecule is C=CC(=O)N1CC2CCOc3c(c4cc(Cl)c(-c5c(N)c(Cl)cc(Cl)c5F)nc4n(-c4c(C)ccnc4C(C)C)c3=O)N2CC1C. The number of fused-ring (bicyclic) bond motifs is 5. The number of carbonyl (C=O) groups is 1. The van der Waals surface area contributed by atoms with Crippen LogP contribution in [0.25, 0.3) is 28.0 Å². The zero-order valence-corrected chi connectivity index (χ0v) is 28.0. The number of aromatic nitrogens is 3. The number of hydrogen-bond acceptors (Lipinski definition) is 7. The molecule has 13 heteroatoms. The van der Waals surface area contributed by atoms with E-state index in [-0.39, 0.29) is 73.9 Å². The number of nitrogen functional groups attached to an aromatic ring is 1. The summed E-state index contributed by atoms with van der Waals surface area (Å²) in [6, 6.07) is 4.28. The number of carbonyl (C=O) groups excluding carboxylic acids is 1. The molecule has 0 aliphatic carbocycles. The third kappa shape index (κ3) is 5.07. The summed E-state index contributed by atoms with van der Waals surface area (Å²) in [7, 11) is 0. The number of halogens is 4. The number of pyridine rings is 3. The van der Waals surface area contributed by atoms with Crippen molar-refractivity contribution in [1.29, 1.82) is 0 Å². The Morgan fingerprint density at radius 1 is 1.17 bits per heavy atom. The maximum absolute atomic E-state index is 15.7. The Morgan fingerprint density at radius 3 is 2.61 bits per heavy atom. The fourth-order valence-corrected chi connectivity index (χ4v) is 7.16. The molecule has 2 N–H and O–H groups in total. The molecule has 0 radical (unpaired) electrons. The smallest absolute Gasteiger partial charge is 0.301 e. The molecule has 9 nitrogen and oxygen atoms in total. The summed E-state index contributed by atoms with van der Waals surface area (Å²) in [5.41, 5.74) is 8.17. The number of aryl methyl sites for hydroxylation is 1. The predicted molar refractivity (Wildman–Crippen MR) is 181 cm³/mol. The van der Waals surface area contributed by atoms with Crippen LogP contribution in [-0.2, 0) is 4.79 Å². The predicted octanol–water partition coefficient (Wildman–Crippen LogP) is 6.94. The van der Waals surface area contributed by atoms with Gasteiger partial charge < -0.3 is 20.3 Å². The maximum atomic E-state index is 15.7. The molecule has 1 saturated heterocycles. The van der Waals surface area contributed by atoms with E-state index >= 15 is 4.39 Å². The molecule has 0 saturated carbocycles. The Morgan fingerprint density at radius 2 is 1.91 bits per heavy atom. The number of nitrogens with two attached hydrogens (primary N) is 1. The number of anilines is 2. The van der Waals surface area contributed by atoms with Crippen LogP contribution in [0, 0.1) is 12.7 Å². The van der Waals surface area contributed by atoms with Gasteiger partial charge in [-0.25, -0.2) is 9.37 Å². The fourth-order valence-electron chi connectivity index (χ4n) is 6.45. The van der Waals surface area contributed by atoms with Crippen LogP contribution in [0.5, 0.6) is 5.75 Å². The van der Waals surface area contributed by atoms with Gasteiger partial charge in [-0.3, -0.25) is 19.1 Å². The first-order valence-corrected chi connectivity index (χ1v) is 16.0. The van der Waals surface area contributed by atoms with Crippen LogP contribution in [0.1, 0.15) is 44.4 Å². The second kappa shape index (κ2) is 12.1. The normalized spacial score (nSPS) is 17.8. The van der Waals surface area contributed by atoms with Gasteiger partial charge in [0.15, 0.2) is 11.5 Å². The van der Waals surface area contributed by atoms with E-state index in [2.05, 4.69) is 16.5 Å². The van der Waals surface area contributed by atoms with Crippen LogP contribution in [0.15, 0.2) is 41.8 Å². The number of hydrogen-bond donors (Lipinski definition) is 1. The van der Waals surface area contributed by atoms with Crippen LogP contribution in [0.3, 0.4) is 0 Å². The van der Waals surface area contributed by atoms with Crippen LogP contribution >= 0.6 is 34.8 Å². The van der Waals surface area contributed by atoms with Gasteiger partial charge in [0.2, 0.25) is 11.7 Å². The lowest BCUT2D eigenvalue weighted by molar-refractivity contribution is -0.128. The minimum absolute atomic E-state index is 0.0288. The van der Waals surface area contributed by atoms with Crippen molar-refractivity contribution in [2.24, 2.45) is 0 Å². The number of piperazine rings is 1. The van der Waals surface area contributed by atoms with E-state index in [0.29, 0.717) is 42.0 Å². The van der Waals surface area contributed by atoms with Gasteiger partial charge in [-0.2, -0.15) is 0 Å². The molecule has 240 valence electrons. The molecule has 2 aliphatic heterocycles. The molecule has 0 spiro atoms. The molecule has 4 aromatic rings. The van der Waals surface area contributed by atoms with E-state index in [0.717, 1.165) is 5.56 Å². The van der Waals surface area contributed by atoms with E-state index in [4.69, 9.17) is 50.3 Å². The number of amides is 1. The van der Waals surface area contributed by atoms with Gasteiger partial charge in [0.1, 0.15) is 0 Å². The summed E-state index contributed by atoms with van der Waals surface area (Å²) in [6.45, 7) is 12.5. The van der Waals surface area contributed by atoms with Gasteiger partial charge in [-0.15, -0.1) is 0 Å². The number of nitrogens with zero attached hydrogens (tertiary/aromatic N) is 5. The highest BCUT2D eigenvalue weighted by atomic mass is 35.5. The monoisotopic (exact) mass is 684 g/mol. The molecule has 2 unspecified atom stereocenters. The second-order valence-electron chi connectivity index (χ2n) is 12.0. The maximum Gasteiger partial charge on any atom is 0.301 e. The zero-order chi connectivity index (χ0) is 33.2. The van der Waals surface area contributed by atoms with Crippen molar-refractivity contribution in [2.45, 2.75) is 52.1 Å². The summed E-state index contributed by atoms with van der Waals surface area (Å²) in [5, 5.41) is 0.330. The number of rotatable bonds is 4. The lowest BCUT2D eigenvalue weighted by Crippen LogP contribution is -2.59. The molecular weight excluding hydrogens is 654 g/mol. The molecular formula is C33H32Cl3FN6O3. The van der Waals surface area contributed by atoms with Crippen LogP contribution < -0.4 is 20.9 Å². The Balaban J connectivity index is 1.74. The standard InChI is InChI=1S/C33H32Cl3FN6O3/c1-6-23(44)41-14-18-8-10-46-31-30(42(18)13-17(41)5)19-11-22(36)28(24-25(37)20(34)12-21(35)26(24)38)40-32(19)43(33(31)45)29-16(4)7-9-39-27(29)15(2)3/h6-7,9,11-12,15,17-18H,1,8,10,13-14,38H2,2-5H3. The lowest BCUT2D eigenvalue weighted by Gasteiger charge is -2.45. The number of benzene rings is 1. The Labute approximate surface area is 280 Å². The number of ether oxygens (including phenoxy) is 1. The van der Waals surface area contributed by atoms with Gasteiger partial charge in [-0.1, -0.05) is 55.2 Å². The van der Waals surface area contributed by atoms with E-state index in [1.54, 1.807) is 17.2 Å². The summed E-state index contributed by atoms with van der Waals surface area (Å²) >= 11 is 19.4. The van der Waals surface area contributed by atoms with Gasteiger partial charge in [-0.05, 0) is 49.6 Å². The molecule has 2 aliphatic rings. The van der Waals surface area contributed by atoms with Gasteiger partial charge in [0.05, 0.1) is 61.7 Å². The van der Waals surface area contributed by atoms with Crippen LogP contribution in [0.2, 0.25) is 15.1 Å². The molecule has 3 aromatic heterocycles. The van der Waals surface area contributed by atoms with E-state index in [9.17, 15) is 9.59 Å². The Hall–Kier alpha value is -3.86.